The van der Waals surface area contributed by atoms with E-state index in [1.54, 1.807) is 0 Å². The van der Waals surface area contributed by atoms with Crippen LogP contribution in [0.3, 0.4) is 0 Å². The highest BCUT2D eigenvalue weighted by Gasteiger charge is 2.07. The van der Waals surface area contributed by atoms with Gasteiger partial charge in [-0.25, -0.2) is 0 Å². The van der Waals surface area contributed by atoms with Crippen LogP contribution in [0.5, 0.6) is 0 Å². The van der Waals surface area contributed by atoms with Crippen LogP contribution in [0.15, 0.2) is 24.3 Å². The molecular formula is C13H16IN. The third-order valence-corrected chi connectivity index (χ3v) is 3.05. The molecule has 15 heavy (non-hydrogen) atoms. The lowest BCUT2D eigenvalue weighted by Crippen LogP contribution is -2.28. The van der Waals surface area contributed by atoms with E-state index in [0.29, 0.717) is 12.1 Å². The van der Waals surface area contributed by atoms with Gasteiger partial charge in [-0.1, -0.05) is 12.1 Å². The van der Waals surface area contributed by atoms with Crippen LogP contribution in [-0.4, -0.2) is 6.04 Å². The van der Waals surface area contributed by atoms with Gasteiger partial charge in [-0.2, -0.15) is 0 Å². The van der Waals surface area contributed by atoms with Gasteiger partial charge in [0.2, 0.25) is 0 Å². The summed E-state index contributed by atoms with van der Waals surface area (Å²) in [5, 5.41) is 3.47. The van der Waals surface area contributed by atoms with E-state index in [0.717, 1.165) is 6.42 Å². The summed E-state index contributed by atoms with van der Waals surface area (Å²) in [5.74, 6) is 2.67. The fraction of sp³-hybridized carbons (Fsp3) is 0.385. The van der Waals surface area contributed by atoms with E-state index < -0.39 is 0 Å². The minimum absolute atomic E-state index is 0.352. The molecule has 0 heterocycles. The third kappa shape index (κ3) is 4.23. The van der Waals surface area contributed by atoms with Crippen molar-refractivity contribution >= 4 is 22.6 Å². The van der Waals surface area contributed by atoms with Crippen molar-refractivity contribution < 1.29 is 0 Å². The quantitative estimate of drug-likeness (QED) is 0.664. The van der Waals surface area contributed by atoms with Gasteiger partial charge in [-0.3, -0.25) is 0 Å². The first kappa shape index (κ1) is 12.5. The molecule has 1 nitrogen and oxygen atoms in total. The van der Waals surface area contributed by atoms with Crippen LogP contribution in [0.4, 0.5) is 0 Å². The normalized spacial score (nSPS) is 14.3. The minimum Gasteiger partial charge on any atom is -0.307 e. The lowest BCUT2D eigenvalue weighted by Gasteiger charge is -2.18. The summed E-state index contributed by atoms with van der Waals surface area (Å²) in [6.45, 7) is 4.28. The van der Waals surface area contributed by atoms with Crippen LogP contribution in [0.2, 0.25) is 0 Å². The van der Waals surface area contributed by atoms with Crippen LogP contribution in [0, 0.1) is 15.9 Å². The first-order valence-electron chi connectivity index (χ1n) is 5.08. The van der Waals surface area contributed by atoms with Crippen molar-refractivity contribution in [3.05, 3.63) is 33.4 Å². The molecule has 0 saturated carbocycles. The molecule has 0 bridgehead atoms. The number of rotatable bonds is 4. The fourth-order valence-electron chi connectivity index (χ4n) is 1.51. The molecule has 0 amide bonds. The summed E-state index contributed by atoms with van der Waals surface area (Å²) in [6.07, 6.45) is 6.05. The van der Waals surface area contributed by atoms with Gasteiger partial charge in [0.15, 0.2) is 0 Å². The summed E-state index contributed by atoms with van der Waals surface area (Å²) >= 11 is 2.31. The summed E-state index contributed by atoms with van der Waals surface area (Å²) in [4.78, 5) is 0. The molecule has 2 atom stereocenters. The molecule has 0 radical (unpaired) electrons. The average Bonchev–Trinajstić information content (AvgIpc) is 2.18. The predicted octanol–water partition coefficient (Wildman–Crippen LogP) is 3.35. The van der Waals surface area contributed by atoms with Crippen molar-refractivity contribution in [1.29, 1.82) is 0 Å². The molecule has 0 aliphatic rings. The number of hydrogen-bond acceptors (Lipinski definition) is 1. The van der Waals surface area contributed by atoms with Gasteiger partial charge in [0.05, 0.1) is 0 Å². The predicted molar refractivity (Wildman–Crippen MR) is 73.6 cm³/mol. The number of terminal acetylenes is 1. The summed E-state index contributed by atoms with van der Waals surface area (Å²) in [7, 11) is 0. The summed E-state index contributed by atoms with van der Waals surface area (Å²) in [6, 6.07) is 9.28. The second kappa shape index (κ2) is 6.14. The number of nitrogens with one attached hydrogen (secondary N) is 1. The Kier molecular flexibility index (Phi) is 5.13. The largest absolute Gasteiger partial charge is 0.307 e. The summed E-state index contributed by atoms with van der Waals surface area (Å²) in [5.41, 5.74) is 1.30. The van der Waals surface area contributed by atoms with E-state index in [1.165, 1.54) is 9.13 Å². The van der Waals surface area contributed by atoms with Gasteiger partial charge in [-0.05, 0) is 54.1 Å². The molecule has 0 aliphatic heterocycles. The van der Waals surface area contributed by atoms with E-state index >= 15 is 0 Å². The Morgan fingerprint density at radius 3 is 2.47 bits per heavy atom. The molecule has 0 aliphatic carbocycles. The third-order valence-electron chi connectivity index (χ3n) is 2.33. The van der Waals surface area contributed by atoms with Crippen molar-refractivity contribution in [1.82, 2.24) is 5.32 Å². The van der Waals surface area contributed by atoms with E-state index in [-0.39, 0.29) is 0 Å². The van der Waals surface area contributed by atoms with Crippen molar-refractivity contribution in [2.24, 2.45) is 0 Å². The second-order valence-corrected chi connectivity index (χ2v) is 4.99. The highest BCUT2D eigenvalue weighted by molar-refractivity contribution is 14.1. The Hall–Kier alpha value is -0.530. The van der Waals surface area contributed by atoms with Crippen LogP contribution in [-0.2, 0) is 0 Å². The zero-order valence-corrected chi connectivity index (χ0v) is 11.3. The van der Waals surface area contributed by atoms with Crippen LogP contribution in [0.25, 0.3) is 0 Å². The molecule has 0 saturated heterocycles. The Labute approximate surface area is 106 Å². The van der Waals surface area contributed by atoms with Gasteiger partial charge in [0, 0.05) is 22.1 Å². The Bertz CT molecular complexity index is 337. The van der Waals surface area contributed by atoms with E-state index in [9.17, 15) is 0 Å². The van der Waals surface area contributed by atoms with Crippen molar-refractivity contribution in [3.8, 4) is 12.3 Å². The first-order chi connectivity index (χ1) is 7.13. The molecule has 80 valence electrons. The molecule has 1 rings (SSSR count). The van der Waals surface area contributed by atoms with Crippen LogP contribution >= 0.6 is 22.6 Å². The number of halogens is 1. The second-order valence-electron chi connectivity index (χ2n) is 3.75. The molecule has 2 heteroatoms. The van der Waals surface area contributed by atoms with Crippen molar-refractivity contribution in [2.75, 3.05) is 0 Å². The van der Waals surface area contributed by atoms with Gasteiger partial charge < -0.3 is 5.32 Å². The van der Waals surface area contributed by atoms with Gasteiger partial charge in [0.1, 0.15) is 0 Å². The smallest absolute Gasteiger partial charge is 0.0294 e. The lowest BCUT2D eigenvalue weighted by atomic mass is 10.1. The highest BCUT2D eigenvalue weighted by atomic mass is 127. The monoisotopic (exact) mass is 313 g/mol. The maximum atomic E-state index is 5.27. The average molecular weight is 313 g/mol. The standard InChI is InChI=1S/C13H16IN/c1-4-5-10(2)15-11(3)12-6-8-13(14)9-7-12/h1,6-11,15H,5H2,2-3H3. The first-order valence-corrected chi connectivity index (χ1v) is 6.16. The van der Waals surface area contributed by atoms with E-state index in [1.807, 2.05) is 0 Å². The summed E-state index contributed by atoms with van der Waals surface area (Å²) < 4.78 is 1.26. The van der Waals surface area contributed by atoms with Crippen LogP contribution < -0.4 is 5.32 Å². The van der Waals surface area contributed by atoms with Crippen molar-refractivity contribution in [2.45, 2.75) is 32.4 Å². The van der Waals surface area contributed by atoms with E-state index in [2.05, 4.69) is 71.9 Å². The Morgan fingerprint density at radius 1 is 1.33 bits per heavy atom. The molecule has 0 fully saturated rings. The fourth-order valence-corrected chi connectivity index (χ4v) is 1.87. The maximum Gasteiger partial charge on any atom is 0.0294 e. The molecular weight excluding hydrogens is 297 g/mol. The minimum atomic E-state index is 0.352. The van der Waals surface area contributed by atoms with Gasteiger partial charge in [-0.15, -0.1) is 12.3 Å². The van der Waals surface area contributed by atoms with Crippen LogP contribution in [0.1, 0.15) is 31.9 Å². The zero-order chi connectivity index (χ0) is 11.3. The number of hydrogen-bond donors (Lipinski definition) is 1. The Balaban J connectivity index is 2.57. The molecule has 0 spiro atoms. The molecule has 2 unspecified atom stereocenters. The maximum absolute atomic E-state index is 5.27. The lowest BCUT2D eigenvalue weighted by molar-refractivity contribution is 0.486. The van der Waals surface area contributed by atoms with Gasteiger partial charge in [0.25, 0.3) is 0 Å². The molecule has 1 aromatic rings. The topological polar surface area (TPSA) is 12.0 Å². The SMILES string of the molecule is C#CCC(C)NC(C)c1ccc(I)cc1. The van der Waals surface area contributed by atoms with Crippen molar-refractivity contribution in [3.63, 3.8) is 0 Å². The zero-order valence-electron chi connectivity index (χ0n) is 9.13. The van der Waals surface area contributed by atoms with Gasteiger partial charge >= 0.3 is 0 Å². The molecule has 1 N–H and O–H groups in total. The molecule has 0 aromatic heterocycles. The van der Waals surface area contributed by atoms with E-state index in [4.69, 9.17) is 6.42 Å². The number of benzene rings is 1. The Morgan fingerprint density at radius 2 is 1.93 bits per heavy atom. The highest BCUT2D eigenvalue weighted by Crippen LogP contribution is 2.15. The molecule has 1 aromatic carbocycles.